The highest BCUT2D eigenvalue weighted by molar-refractivity contribution is 7.15. The van der Waals surface area contributed by atoms with Crippen molar-refractivity contribution in [3.8, 4) is 0 Å². The molecule has 5 heteroatoms. The van der Waals surface area contributed by atoms with Gasteiger partial charge in [-0.05, 0) is 13.0 Å². The number of hydrogen-bond donors (Lipinski definition) is 1. The van der Waals surface area contributed by atoms with Crippen LogP contribution in [0.15, 0.2) is 6.07 Å². The molecule has 0 unspecified atom stereocenters. The van der Waals surface area contributed by atoms with Gasteiger partial charge >= 0.3 is 5.00 Å². The monoisotopic (exact) mass is 158 g/mol. The number of nitrogen functional groups attached to an aromatic ring is 1. The standard InChI is InChI=1S/C5H6N2O2S/c1-3-2-4(6)5(10-3)7(8)9/h2H,6H2,1H3. The third kappa shape index (κ3) is 1.08. The van der Waals surface area contributed by atoms with E-state index >= 15 is 0 Å². The smallest absolute Gasteiger partial charge is 0.347 e. The van der Waals surface area contributed by atoms with Crippen molar-refractivity contribution in [2.75, 3.05) is 5.73 Å². The van der Waals surface area contributed by atoms with E-state index in [2.05, 4.69) is 0 Å². The summed E-state index contributed by atoms with van der Waals surface area (Å²) in [5, 5.41) is 10.2. The zero-order valence-electron chi connectivity index (χ0n) is 5.33. The van der Waals surface area contributed by atoms with E-state index in [0.29, 0.717) is 0 Å². The molecule has 0 aliphatic carbocycles. The van der Waals surface area contributed by atoms with Crippen molar-refractivity contribution >= 4 is 22.0 Å². The predicted molar refractivity (Wildman–Crippen MR) is 40.1 cm³/mol. The lowest BCUT2D eigenvalue weighted by Gasteiger charge is -1.83. The molecule has 1 heterocycles. The fraction of sp³-hybridized carbons (Fsp3) is 0.200. The van der Waals surface area contributed by atoms with Crippen LogP contribution in [0.4, 0.5) is 10.7 Å². The zero-order valence-corrected chi connectivity index (χ0v) is 6.14. The molecule has 0 saturated carbocycles. The molecule has 0 saturated heterocycles. The summed E-state index contributed by atoms with van der Waals surface area (Å²) in [5.74, 6) is 0. The first-order valence-corrected chi connectivity index (χ1v) is 3.43. The number of rotatable bonds is 1. The molecule has 1 aromatic rings. The average Bonchev–Trinajstić information content (AvgIpc) is 2.10. The summed E-state index contributed by atoms with van der Waals surface area (Å²) in [5.41, 5.74) is 5.57. The molecule has 10 heavy (non-hydrogen) atoms. The van der Waals surface area contributed by atoms with Gasteiger partial charge in [0.15, 0.2) is 0 Å². The van der Waals surface area contributed by atoms with Crippen molar-refractivity contribution < 1.29 is 4.92 Å². The summed E-state index contributed by atoms with van der Waals surface area (Å²) in [6.07, 6.45) is 0. The van der Waals surface area contributed by atoms with Gasteiger partial charge in [-0.3, -0.25) is 10.1 Å². The zero-order chi connectivity index (χ0) is 7.72. The van der Waals surface area contributed by atoms with Gasteiger partial charge in [0.2, 0.25) is 0 Å². The van der Waals surface area contributed by atoms with E-state index in [-0.39, 0.29) is 10.7 Å². The summed E-state index contributed by atoms with van der Waals surface area (Å²) in [7, 11) is 0. The van der Waals surface area contributed by atoms with E-state index in [9.17, 15) is 10.1 Å². The van der Waals surface area contributed by atoms with E-state index in [4.69, 9.17) is 5.73 Å². The third-order valence-corrected chi connectivity index (χ3v) is 2.05. The van der Waals surface area contributed by atoms with E-state index in [0.717, 1.165) is 16.2 Å². The molecule has 54 valence electrons. The molecule has 0 atom stereocenters. The van der Waals surface area contributed by atoms with E-state index in [1.807, 2.05) is 0 Å². The Morgan fingerprint density at radius 2 is 2.40 bits per heavy atom. The fourth-order valence-corrected chi connectivity index (χ4v) is 1.41. The molecule has 0 aromatic carbocycles. The third-order valence-electron chi connectivity index (χ3n) is 1.03. The number of anilines is 1. The van der Waals surface area contributed by atoms with Crippen LogP contribution in [0.25, 0.3) is 0 Å². The fourth-order valence-electron chi connectivity index (χ4n) is 0.664. The maximum atomic E-state index is 10.2. The maximum absolute atomic E-state index is 10.2. The second-order valence-electron chi connectivity index (χ2n) is 1.87. The molecule has 1 rings (SSSR count). The molecule has 0 radical (unpaired) electrons. The highest BCUT2D eigenvalue weighted by atomic mass is 32.1. The molecule has 0 aliphatic heterocycles. The van der Waals surface area contributed by atoms with Crippen molar-refractivity contribution in [1.82, 2.24) is 0 Å². The lowest BCUT2D eigenvalue weighted by atomic mass is 10.4. The molecule has 0 amide bonds. The van der Waals surface area contributed by atoms with Gasteiger partial charge in [0.1, 0.15) is 5.69 Å². The van der Waals surface area contributed by atoms with Gasteiger partial charge in [0.05, 0.1) is 4.92 Å². The number of nitrogens with two attached hydrogens (primary N) is 1. The highest BCUT2D eigenvalue weighted by Crippen LogP contribution is 2.31. The Balaban J connectivity index is 3.15. The minimum atomic E-state index is -0.465. The Hall–Kier alpha value is -1.10. The summed E-state index contributed by atoms with van der Waals surface area (Å²) in [4.78, 5) is 10.6. The molecule has 1 aromatic heterocycles. The van der Waals surface area contributed by atoms with Gasteiger partial charge in [0.25, 0.3) is 0 Å². The number of thiophene rings is 1. The predicted octanol–water partition coefficient (Wildman–Crippen LogP) is 1.55. The number of hydrogen-bond acceptors (Lipinski definition) is 4. The lowest BCUT2D eigenvalue weighted by molar-refractivity contribution is -0.379. The lowest BCUT2D eigenvalue weighted by Crippen LogP contribution is -1.89. The topological polar surface area (TPSA) is 69.2 Å². The first-order valence-electron chi connectivity index (χ1n) is 2.61. The van der Waals surface area contributed by atoms with E-state index in [1.165, 1.54) is 0 Å². The van der Waals surface area contributed by atoms with Gasteiger partial charge in [-0.2, -0.15) is 0 Å². The Morgan fingerprint density at radius 1 is 1.80 bits per heavy atom. The highest BCUT2D eigenvalue weighted by Gasteiger charge is 2.13. The summed E-state index contributed by atoms with van der Waals surface area (Å²) in [6, 6.07) is 1.60. The molecule has 0 aliphatic rings. The Labute approximate surface area is 61.4 Å². The number of aryl methyl sites for hydroxylation is 1. The quantitative estimate of drug-likeness (QED) is 0.498. The Kier molecular flexibility index (Phi) is 1.58. The van der Waals surface area contributed by atoms with Gasteiger partial charge in [-0.1, -0.05) is 11.3 Å². The Morgan fingerprint density at radius 3 is 2.60 bits per heavy atom. The van der Waals surface area contributed by atoms with Crippen molar-refractivity contribution in [2.45, 2.75) is 6.92 Å². The normalized spacial score (nSPS) is 9.70. The molecular weight excluding hydrogens is 152 g/mol. The molecule has 0 bridgehead atoms. The van der Waals surface area contributed by atoms with Crippen LogP contribution in [0.2, 0.25) is 0 Å². The van der Waals surface area contributed by atoms with E-state index in [1.54, 1.807) is 13.0 Å². The van der Waals surface area contributed by atoms with Crippen molar-refractivity contribution in [1.29, 1.82) is 0 Å². The van der Waals surface area contributed by atoms with Crippen LogP contribution in [0, 0.1) is 17.0 Å². The minimum absolute atomic E-state index is 0.0394. The van der Waals surface area contributed by atoms with Crippen LogP contribution in [-0.2, 0) is 0 Å². The maximum Gasteiger partial charge on any atom is 0.347 e. The average molecular weight is 158 g/mol. The first kappa shape index (κ1) is 7.01. The number of nitro groups is 1. The molecule has 4 nitrogen and oxygen atoms in total. The second kappa shape index (κ2) is 2.26. The van der Waals surface area contributed by atoms with Crippen LogP contribution in [-0.4, -0.2) is 4.92 Å². The summed E-state index contributed by atoms with van der Waals surface area (Å²) < 4.78 is 0. The molecule has 2 N–H and O–H groups in total. The summed E-state index contributed by atoms with van der Waals surface area (Å²) in [6.45, 7) is 1.79. The Bertz CT molecular complexity index is 269. The van der Waals surface area contributed by atoms with E-state index < -0.39 is 4.92 Å². The van der Waals surface area contributed by atoms with Gasteiger partial charge in [0, 0.05) is 4.88 Å². The largest absolute Gasteiger partial charge is 0.392 e. The van der Waals surface area contributed by atoms with Crippen molar-refractivity contribution in [2.24, 2.45) is 0 Å². The van der Waals surface area contributed by atoms with Gasteiger partial charge < -0.3 is 5.73 Å². The van der Waals surface area contributed by atoms with Crippen LogP contribution in [0.5, 0.6) is 0 Å². The van der Waals surface area contributed by atoms with Gasteiger partial charge in [-0.15, -0.1) is 0 Å². The first-order chi connectivity index (χ1) is 4.61. The molecular formula is C5H6N2O2S. The molecule has 0 spiro atoms. The van der Waals surface area contributed by atoms with Crippen LogP contribution in [0.3, 0.4) is 0 Å². The van der Waals surface area contributed by atoms with Crippen LogP contribution < -0.4 is 5.73 Å². The number of nitrogens with zero attached hydrogens (tertiary/aromatic N) is 1. The van der Waals surface area contributed by atoms with Crippen LogP contribution in [0.1, 0.15) is 4.88 Å². The van der Waals surface area contributed by atoms with Gasteiger partial charge in [-0.25, -0.2) is 0 Å². The van der Waals surface area contributed by atoms with Crippen molar-refractivity contribution in [3.63, 3.8) is 0 Å². The minimum Gasteiger partial charge on any atom is -0.392 e. The summed E-state index contributed by atoms with van der Waals surface area (Å²) >= 11 is 1.10. The van der Waals surface area contributed by atoms with Crippen LogP contribution >= 0.6 is 11.3 Å². The van der Waals surface area contributed by atoms with Crippen molar-refractivity contribution in [3.05, 3.63) is 21.1 Å². The second-order valence-corrected chi connectivity index (χ2v) is 3.11. The SMILES string of the molecule is Cc1cc(N)c([N+](=O)[O-])s1. The molecule has 0 fully saturated rings.